The topological polar surface area (TPSA) is 70.7 Å². The number of morpholine rings is 1. The highest BCUT2D eigenvalue weighted by Crippen LogP contribution is 2.23. The van der Waals surface area contributed by atoms with E-state index in [1.54, 1.807) is 24.3 Å². The molecule has 2 N–H and O–H groups in total. The van der Waals surface area contributed by atoms with Crippen molar-refractivity contribution >= 4 is 34.5 Å². The molecule has 7 heteroatoms. The van der Waals surface area contributed by atoms with Gasteiger partial charge in [-0.05, 0) is 49.2 Å². The normalized spacial score (nSPS) is 14.7. The Bertz CT molecular complexity index is 795. The number of carbonyl (C=O) groups excluding carboxylic acids is 2. The lowest BCUT2D eigenvalue weighted by molar-refractivity contribution is -0.118. The number of amides is 2. The van der Waals surface area contributed by atoms with Crippen molar-refractivity contribution in [1.82, 2.24) is 4.90 Å². The predicted molar refractivity (Wildman–Crippen MR) is 109 cm³/mol. The number of rotatable bonds is 6. The molecule has 1 aliphatic heterocycles. The van der Waals surface area contributed by atoms with Crippen molar-refractivity contribution in [3.05, 3.63) is 45.6 Å². The zero-order chi connectivity index (χ0) is 19.2. The first kappa shape index (κ1) is 19.5. The minimum Gasteiger partial charge on any atom is -0.379 e. The highest BCUT2D eigenvalue weighted by atomic mass is 32.1. The minimum atomic E-state index is -0.105. The maximum Gasteiger partial charge on any atom is 0.265 e. The fourth-order valence-corrected chi connectivity index (χ4v) is 3.98. The van der Waals surface area contributed by atoms with Gasteiger partial charge in [-0.25, -0.2) is 0 Å². The molecule has 1 aliphatic rings. The molecule has 27 heavy (non-hydrogen) atoms. The van der Waals surface area contributed by atoms with E-state index in [1.807, 2.05) is 13.0 Å². The third-order valence-corrected chi connectivity index (χ3v) is 5.84. The van der Waals surface area contributed by atoms with Crippen LogP contribution < -0.4 is 10.6 Å². The number of nitrogens with one attached hydrogen (secondary N) is 2. The number of carbonyl (C=O) groups is 2. The average molecular weight is 388 g/mol. The Morgan fingerprint density at radius 3 is 2.33 bits per heavy atom. The largest absolute Gasteiger partial charge is 0.379 e. The van der Waals surface area contributed by atoms with Crippen LogP contribution in [0, 0.1) is 6.92 Å². The molecule has 2 aromatic rings. The van der Waals surface area contributed by atoms with Gasteiger partial charge < -0.3 is 15.4 Å². The SMILES string of the molecule is CCc1sc(C(=O)Nc2ccc(NC(=O)CN3CCOCC3)cc2)cc1C. The number of nitrogens with zero attached hydrogens (tertiary/aromatic N) is 1. The van der Waals surface area contributed by atoms with E-state index in [4.69, 9.17) is 4.74 Å². The Hall–Kier alpha value is -2.22. The van der Waals surface area contributed by atoms with E-state index in [0.29, 0.717) is 36.0 Å². The first-order valence-corrected chi connectivity index (χ1v) is 9.97. The average Bonchev–Trinajstić information content (AvgIpc) is 3.05. The molecule has 144 valence electrons. The number of benzene rings is 1. The van der Waals surface area contributed by atoms with Crippen molar-refractivity contribution in [3.8, 4) is 0 Å². The molecule has 1 fully saturated rings. The Labute approximate surface area is 163 Å². The molecule has 0 aliphatic carbocycles. The molecular formula is C20H25N3O3S. The molecule has 0 atom stereocenters. The quantitative estimate of drug-likeness (QED) is 0.799. The van der Waals surface area contributed by atoms with Crippen LogP contribution in [0.3, 0.4) is 0 Å². The van der Waals surface area contributed by atoms with Crippen LogP contribution in [0.15, 0.2) is 30.3 Å². The van der Waals surface area contributed by atoms with Gasteiger partial charge in [-0.15, -0.1) is 11.3 Å². The molecule has 0 radical (unpaired) electrons. The second kappa shape index (κ2) is 9.12. The highest BCUT2D eigenvalue weighted by molar-refractivity contribution is 7.14. The molecule has 6 nitrogen and oxygen atoms in total. The molecular weight excluding hydrogens is 362 g/mol. The van der Waals surface area contributed by atoms with E-state index in [0.717, 1.165) is 25.1 Å². The summed E-state index contributed by atoms with van der Waals surface area (Å²) < 4.78 is 5.28. The minimum absolute atomic E-state index is 0.0464. The first-order valence-electron chi connectivity index (χ1n) is 9.16. The summed E-state index contributed by atoms with van der Waals surface area (Å²) in [5.41, 5.74) is 2.58. The van der Waals surface area contributed by atoms with Crippen LogP contribution in [0.2, 0.25) is 0 Å². The maximum absolute atomic E-state index is 12.4. The summed E-state index contributed by atoms with van der Waals surface area (Å²) in [6.07, 6.45) is 0.933. The first-order chi connectivity index (χ1) is 13.0. The van der Waals surface area contributed by atoms with Crippen molar-refractivity contribution < 1.29 is 14.3 Å². The van der Waals surface area contributed by atoms with Crippen molar-refractivity contribution in [2.24, 2.45) is 0 Å². The van der Waals surface area contributed by atoms with Crippen LogP contribution in [0.1, 0.15) is 27.0 Å². The summed E-state index contributed by atoms with van der Waals surface area (Å²) in [7, 11) is 0. The van der Waals surface area contributed by atoms with Gasteiger partial charge in [0.25, 0.3) is 5.91 Å². The molecule has 1 aromatic heterocycles. The van der Waals surface area contributed by atoms with Gasteiger partial charge in [0.05, 0.1) is 24.6 Å². The number of hydrogen-bond acceptors (Lipinski definition) is 5. The molecule has 2 heterocycles. The van der Waals surface area contributed by atoms with Crippen molar-refractivity contribution in [2.75, 3.05) is 43.5 Å². The van der Waals surface area contributed by atoms with E-state index in [9.17, 15) is 9.59 Å². The van der Waals surface area contributed by atoms with E-state index in [2.05, 4.69) is 22.5 Å². The molecule has 1 saturated heterocycles. The molecule has 0 bridgehead atoms. The Kier molecular flexibility index (Phi) is 6.60. The van der Waals surface area contributed by atoms with Crippen LogP contribution in [0.4, 0.5) is 11.4 Å². The summed E-state index contributed by atoms with van der Waals surface area (Å²) in [6, 6.07) is 9.11. The van der Waals surface area contributed by atoms with Crippen molar-refractivity contribution in [1.29, 1.82) is 0 Å². The highest BCUT2D eigenvalue weighted by Gasteiger charge is 2.15. The maximum atomic E-state index is 12.4. The van der Waals surface area contributed by atoms with E-state index >= 15 is 0 Å². The molecule has 2 amide bonds. The second-order valence-corrected chi connectivity index (χ2v) is 7.68. The zero-order valence-electron chi connectivity index (χ0n) is 15.7. The number of aryl methyl sites for hydroxylation is 2. The Morgan fingerprint density at radius 2 is 1.74 bits per heavy atom. The molecule has 0 unspecified atom stereocenters. The fourth-order valence-electron chi connectivity index (χ4n) is 2.98. The number of anilines is 2. The van der Waals surface area contributed by atoms with Gasteiger partial charge in [-0.1, -0.05) is 6.92 Å². The van der Waals surface area contributed by atoms with Gasteiger partial charge in [-0.2, -0.15) is 0 Å². The molecule has 1 aromatic carbocycles. The lowest BCUT2D eigenvalue weighted by atomic mass is 10.2. The lowest BCUT2D eigenvalue weighted by Crippen LogP contribution is -2.41. The summed E-state index contributed by atoms with van der Waals surface area (Å²) in [4.78, 5) is 28.5. The molecule has 3 rings (SSSR count). The van der Waals surface area contributed by atoms with Gasteiger partial charge in [0.1, 0.15) is 0 Å². The van der Waals surface area contributed by atoms with Crippen LogP contribution in [-0.2, 0) is 16.0 Å². The molecule has 0 saturated carbocycles. The Balaban J connectivity index is 1.53. The third-order valence-electron chi connectivity index (χ3n) is 4.46. The van der Waals surface area contributed by atoms with Gasteiger partial charge >= 0.3 is 0 Å². The van der Waals surface area contributed by atoms with Gasteiger partial charge in [0.2, 0.25) is 5.91 Å². The van der Waals surface area contributed by atoms with E-state index < -0.39 is 0 Å². The van der Waals surface area contributed by atoms with Crippen LogP contribution >= 0.6 is 11.3 Å². The molecule has 0 spiro atoms. The number of thiophene rings is 1. The smallest absolute Gasteiger partial charge is 0.265 e. The van der Waals surface area contributed by atoms with Gasteiger partial charge in [0, 0.05) is 29.3 Å². The zero-order valence-corrected chi connectivity index (χ0v) is 16.5. The lowest BCUT2D eigenvalue weighted by Gasteiger charge is -2.25. The van der Waals surface area contributed by atoms with Crippen LogP contribution in [0.5, 0.6) is 0 Å². The summed E-state index contributed by atoms with van der Waals surface area (Å²) >= 11 is 1.53. The summed E-state index contributed by atoms with van der Waals surface area (Å²) in [6.45, 7) is 7.38. The van der Waals surface area contributed by atoms with Crippen molar-refractivity contribution in [2.45, 2.75) is 20.3 Å². The number of hydrogen-bond donors (Lipinski definition) is 2. The second-order valence-electron chi connectivity index (χ2n) is 6.54. The standard InChI is InChI=1S/C20H25N3O3S/c1-3-17-14(2)12-18(27-17)20(25)22-16-6-4-15(5-7-16)21-19(24)13-23-8-10-26-11-9-23/h4-7,12H,3,8-11,13H2,1-2H3,(H,21,24)(H,22,25). The summed E-state index contributed by atoms with van der Waals surface area (Å²) in [5.74, 6) is -0.151. The van der Waals surface area contributed by atoms with E-state index in [-0.39, 0.29) is 11.8 Å². The predicted octanol–water partition coefficient (Wildman–Crippen LogP) is 3.14. The van der Waals surface area contributed by atoms with E-state index in [1.165, 1.54) is 16.2 Å². The Morgan fingerprint density at radius 1 is 1.11 bits per heavy atom. The third kappa shape index (κ3) is 5.38. The van der Waals surface area contributed by atoms with Crippen molar-refractivity contribution in [3.63, 3.8) is 0 Å². The van der Waals surface area contributed by atoms with Crippen LogP contribution in [-0.4, -0.2) is 49.6 Å². The van der Waals surface area contributed by atoms with Gasteiger partial charge in [-0.3, -0.25) is 14.5 Å². The van der Waals surface area contributed by atoms with Crippen LogP contribution in [0.25, 0.3) is 0 Å². The number of ether oxygens (including phenoxy) is 1. The van der Waals surface area contributed by atoms with Gasteiger partial charge in [0.15, 0.2) is 0 Å². The monoisotopic (exact) mass is 387 g/mol. The summed E-state index contributed by atoms with van der Waals surface area (Å²) in [5, 5.41) is 5.79. The fraction of sp³-hybridized carbons (Fsp3) is 0.400.